The molecule has 5 aliphatic rings. The Morgan fingerprint density at radius 1 is 0.833 bits per heavy atom. The van der Waals surface area contributed by atoms with E-state index in [0.29, 0.717) is 49.0 Å². The number of ether oxygens (including phenoxy) is 2. The molecule has 5 saturated carbocycles. The van der Waals surface area contributed by atoms with Gasteiger partial charge in [0.15, 0.2) is 0 Å². The molecule has 4 heteroatoms. The Morgan fingerprint density at radius 2 is 1.57 bits per heavy atom. The molecule has 0 N–H and O–H groups in total. The van der Waals surface area contributed by atoms with Crippen LogP contribution in [0.25, 0.3) is 0 Å². The molecule has 0 spiro atoms. The second-order valence-electron chi connectivity index (χ2n) is 16.4. The Kier molecular flexibility index (Phi) is 8.23. The van der Waals surface area contributed by atoms with Gasteiger partial charge in [-0.2, -0.15) is 0 Å². The zero-order valence-corrected chi connectivity index (χ0v) is 27.6. The van der Waals surface area contributed by atoms with E-state index in [1.165, 1.54) is 31.3 Å². The van der Waals surface area contributed by atoms with Crippen LogP contribution < -0.4 is 0 Å². The summed E-state index contributed by atoms with van der Waals surface area (Å²) < 4.78 is 12.0. The summed E-state index contributed by atoms with van der Waals surface area (Å²) in [4.78, 5) is 26.5. The van der Waals surface area contributed by atoms with E-state index in [2.05, 4.69) is 61.3 Å². The third kappa shape index (κ3) is 4.42. The smallest absolute Gasteiger partial charge is 0.312 e. The maximum atomic E-state index is 13.8. The largest absolute Gasteiger partial charge is 0.462 e. The van der Waals surface area contributed by atoms with Crippen molar-refractivity contribution in [2.45, 2.75) is 125 Å². The number of rotatable bonds is 8. The molecule has 42 heavy (non-hydrogen) atoms. The molecule has 0 aromatic carbocycles. The molecule has 0 unspecified atom stereocenters. The normalized spacial score (nSPS) is 45.3. The zero-order chi connectivity index (χ0) is 30.7. The van der Waals surface area contributed by atoms with E-state index in [-0.39, 0.29) is 45.1 Å². The lowest BCUT2D eigenvalue weighted by Crippen LogP contribution is -2.67. The fourth-order valence-electron chi connectivity index (χ4n) is 12.4. The van der Waals surface area contributed by atoms with Crippen molar-refractivity contribution in [3.8, 4) is 0 Å². The Bertz CT molecular complexity index is 1120. The average molecular weight is 579 g/mol. The van der Waals surface area contributed by atoms with E-state index in [1.54, 1.807) is 12.2 Å². The predicted molar refractivity (Wildman–Crippen MR) is 169 cm³/mol. The van der Waals surface area contributed by atoms with Gasteiger partial charge in [0.1, 0.15) is 12.7 Å². The van der Waals surface area contributed by atoms with Gasteiger partial charge in [0.2, 0.25) is 0 Å². The molecule has 0 amide bonds. The van der Waals surface area contributed by atoms with Crippen LogP contribution in [0.1, 0.15) is 119 Å². The molecule has 5 rings (SSSR count). The Labute approximate surface area is 256 Å². The summed E-state index contributed by atoms with van der Waals surface area (Å²) in [5.74, 6) is 2.31. The van der Waals surface area contributed by atoms with Gasteiger partial charge in [-0.05, 0) is 123 Å². The highest BCUT2D eigenvalue weighted by Crippen LogP contribution is 2.77. The summed E-state index contributed by atoms with van der Waals surface area (Å²) in [5.41, 5.74) is 1.42. The van der Waals surface area contributed by atoms with E-state index < -0.39 is 0 Å². The first-order valence-electron chi connectivity index (χ1n) is 17.0. The summed E-state index contributed by atoms with van der Waals surface area (Å²) >= 11 is 0. The molecular weight excluding hydrogens is 520 g/mol. The highest BCUT2D eigenvalue weighted by Gasteiger charge is 2.72. The summed E-state index contributed by atoms with van der Waals surface area (Å²) in [7, 11) is 0. The summed E-state index contributed by atoms with van der Waals surface area (Å²) in [5, 5.41) is 0. The van der Waals surface area contributed by atoms with Gasteiger partial charge in [0.25, 0.3) is 0 Å². The standard InChI is InChI=1S/C38H58O4/c1-10-12-13-31(39)42-30-18-19-35(7)28(34(30,5)6)17-20-37(9)29(35)15-14-27-32-26(25(3)4)16-21-38(32,23-22-36(27,37)8)33(40)41-24-11-2/h10-11,26-30,32H,1-3,12-24H2,4-9H3/t26-,27+,28-,29+,30-,32+,35-,36+,37+,38-/m0/s1. The zero-order valence-electron chi connectivity index (χ0n) is 27.6. The number of esters is 2. The van der Waals surface area contributed by atoms with E-state index in [4.69, 9.17) is 9.47 Å². The van der Waals surface area contributed by atoms with Gasteiger partial charge in [-0.1, -0.05) is 65.5 Å². The van der Waals surface area contributed by atoms with Gasteiger partial charge in [0, 0.05) is 11.8 Å². The fraction of sp³-hybridized carbons (Fsp3) is 0.789. The minimum absolute atomic E-state index is 0.0175. The number of hydrogen-bond acceptors (Lipinski definition) is 4. The van der Waals surface area contributed by atoms with Crippen LogP contribution in [0.4, 0.5) is 0 Å². The lowest BCUT2D eigenvalue weighted by atomic mass is 9.32. The van der Waals surface area contributed by atoms with Crippen molar-refractivity contribution in [1.82, 2.24) is 0 Å². The monoisotopic (exact) mass is 578 g/mol. The van der Waals surface area contributed by atoms with Crippen LogP contribution in [0.15, 0.2) is 37.5 Å². The second-order valence-corrected chi connectivity index (χ2v) is 16.4. The molecule has 4 nitrogen and oxygen atoms in total. The van der Waals surface area contributed by atoms with Gasteiger partial charge in [-0.3, -0.25) is 9.59 Å². The van der Waals surface area contributed by atoms with Gasteiger partial charge in [-0.25, -0.2) is 0 Å². The molecule has 0 aliphatic heterocycles. The van der Waals surface area contributed by atoms with Gasteiger partial charge >= 0.3 is 11.9 Å². The third-order valence-corrected chi connectivity index (χ3v) is 14.6. The number of allylic oxidation sites excluding steroid dienone is 2. The first-order valence-corrected chi connectivity index (χ1v) is 17.0. The molecule has 0 heterocycles. The van der Waals surface area contributed by atoms with Gasteiger partial charge < -0.3 is 9.47 Å². The molecule has 0 bridgehead atoms. The van der Waals surface area contributed by atoms with E-state index in [1.807, 2.05) is 0 Å². The molecule has 0 aromatic rings. The van der Waals surface area contributed by atoms with Crippen molar-refractivity contribution in [3.63, 3.8) is 0 Å². The Morgan fingerprint density at radius 3 is 2.24 bits per heavy atom. The van der Waals surface area contributed by atoms with E-state index in [9.17, 15) is 9.59 Å². The summed E-state index contributed by atoms with van der Waals surface area (Å²) in [6.45, 7) is 27.1. The van der Waals surface area contributed by atoms with Crippen LogP contribution in [0.2, 0.25) is 0 Å². The van der Waals surface area contributed by atoms with Crippen LogP contribution >= 0.6 is 0 Å². The molecule has 0 aromatic heterocycles. The lowest BCUT2D eigenvalue weighted by molar-refractivity contribution is -0.250. The van der Waals surface area contributed by atoms with Crippen LogP contribution in [-0.2, 0) is 19.1 Å². The highest BCUT2D eigenvalue weighted by molar-refractivity contribution is 5.78. The molecule has 10 atom stereocenters. The second kappa shape index (κ2) is 11.0. The van der Waals surface area contributed by atoms with Crippen LogP contribution in [0, 0.1) is 56.7 Å². The van der Waals surface area contributed by atoms with Crippen LogP contribution in [-0.4, -0.2) is 24.6 Å². The van der Waals surface area contributed by atoms with Crippen molar-refractivity contribution >= 4 is 11.9 Å². The van der Waals surface area contributed by atoms with Crippen LogP contribution in [0.5, 0.6) is 0 Å². The van der Waals surface area contributed by atoms with Crippen molar-refractivity contribution in [2.24, 2.45) is 56.7 Å². The van der Waals surface area contributed by atoms with E-state index >= 15 is 0 Å². The molecule has 5 fully saturated rings. The quantitative estimate of drug-likeness (QED) is 0.213. The summed E-state index contributed by atoms with van der Waals surface area (Å²) in [6.07, 6.45) is 15.5. The maximum Gasteiger partial charge on any atom is 0.312 e. The Hall–Kier alpha value is -1.84. The number of fused-ring (bicyclic) bond motifs is 7. The Balaban J connectivity index is 1.45. The number of carbonyl (C=O) groups is 2. The molecular formula is C38H58O4. The van der Waals surface area contributed by atoms with E-state index in [0.717, 1.165) is 38.5 Å². The molecule has 234 valence electrons. The first-order chi connectivity index (χ1) is 19.7. The molecule has 5 aliphatic carbocycles. The van der Waals surface area contributed by atoms with Crippen molar-refractivity contribution in [1.29, 1.82) is 0 Å². The SMILES string of the molecule is C=CCCC(=O)O[C@H]1CC[C@]2(C)[C@H]3CC[C@@H]4[C@H]5[C@H](C(=C)C)CC[C@]5(C(=O)OCC=C)CC[C@@]4(C)[C@]3(C)CC[C@H]2C1(C)C. The topological polar surface area (TPSA) is 52.6 Å². The van der Waals surface area contributed by atoms with Gasteiger partial charge in [-0.15, -0.1) is 6.58 Å². The average Bonchev–Trinajstić information content (AvgIpc) is 3.34. The number of carbonyl (C=O) groups excluding carboxylic acids is 2. The predicted octanol–water partition coefficient (Wildman–Crippen LogP) is 9.25. The van der Waals surface area contributed by atoms with Crippen molar-refractivity contribution in [2.75, 3.05) is 6.61 Å². The summed E-state index contributed by atoms with van der Waals surface area (Å²) in [6, 6.07) is 0. The highest BCUT2D eigenvalue weighted by atomic mass is 16.5. The fourth-order valence-corrected chi connectivity index (χ4v) is 12.4. The van der Waals surface area contributed by atoms with Crippen molar-refractivity contribution in [3.05, 3.63) is 37.5 Å². The minimum atomic E-state index is -0.378. The first kappa shape index (κ1) is 31.6. The van der Waals surface area contributed by atoms with Crippen LogP contribution in [0.3, 0.4) is 0 Å². The minimum Gasteiger partial charge on any atom is -0.462 e. The third-order valence-electron chi connectivity index (χ3n) is 14.6. The van der Waals surface area contributed by atoms with Crippen molar-refractivity contribution < 1.29 is 19.1 Å². The lowest BCUT2D eigenvalue weighted by Gasteiger charge is -2.72. The molecule has 0 saturated heterocycles. The molecule has 0 radical (unpaired) electrons. The maximum absolute atomic E-state index is 13.8. The van der Waals surface area contributed by atoms with Gasteiger partial charge in [0.05, 0.1) is 5.41 Å². The number of hydrogen-bond donors (Lipinski definition) is 0.